The highest BCUT2D eigenvalue weighted by Crippen LogP contribution is 2.45. The van der Waals surface area contributed by atoms with E-state index in [0.717, 1.165) is 12.8 Å². The van der Waals surface area contributed by atoms with Gasteiger partial charge in [-0.1, -0.05) is 11.6 Å². The van der Waals surface area contributed by atoms with Crippen molar-refractivity contribution in [3.63, 3.8) is 0 Å². The van der Waals surface area contributed by atoms with Crippen molar-refractivity contribution in [3.8, 4) is 34.3 Å². The first-order chi connectivity index (χ1) is 17.4. The highest BCUT2D eigenvalue weighted by Gasteiger charge is 2.37. The maximum absolute atomic E-state index is 13.8. The first-order valence-electron chi connectivity index (χ1n) is 12.5. The number of hydrogen-bond donors (Lipinski definition) is 3. The second-order valence-electron chi connectivity index (χ2n) is 11.0. The zero-order chi connectivity index (χ0) is 26.7. The Kier molecular flexibility index (Phi) is 5.87. The fourth-order valence-electron chi connectivity index (χ4n) is 4.92. The molecule has 0 saturated heterocycles. The van der Waals surface area contributed by atoms with E-state index in [0.29, 0.717) is 22.6 Å². The number of aromatic hydroxyl groups is 2. The second kappa shape index (κ2) is 8.70. The molecule has 1 aromatic heterocycles. The molecule has 2 atom stereocenters. The summed E-state index contributed by atoms with van der Waals surface area (Å²) in [5.41, 5.74) is 0.493. The van der Waals surface area contributed by atoms with E-state index in [1.54, 1.807) is 19.9 Å². The molecule has 0 fully saturated rings. The van der Waals surface area contributed by atoms with Crippen LogP contribution in [-0.2, 0) is 6.42 Å². The molecule has 194 valence electrons. The molecule has 1 unspecified atom stereocenters. The Morgan fingerprint density at radius 2 is 1.95 bits per heavy atom. The maximum Gasteiger partial charge on any atom is 0.200 e. The normalized spacial score (nSPS) is 20.2. The molecule has 0 saturated carbocycles. The predicted octanol–water partition coefficient (Wildman–Crippen LogP) is 5.86. The minimum absolute atomic E-state index is 0.0152. The van der Waals surface area contributed by atoms with E-state index in [4.69, 9.17) is 13.9 Å². The number of allylic oxidation sites excluding steroid dienone is 2. The van der Waals surface area contributed by atoms with Gasteiger partial charge in [-0.2, -0.15) is 0 Å². The lowest BCUT2D eigenvalue weighted by Gasteiger charge is -2.32. The highest BCUT2D eigenvalue weighted by molar-refractivity contribution is 5.95. The van der Waals surface area contributed by atoms with E-state index < -0.39 is 22.7 Å². The van der Waals surface area contributed by atoms with Crippen molar-refractivity contribution in [2.45, 2.75) is 71.2 Å². The molecular weight excluding hydrogens is 472 g/mol. The minimum Gasteiger partial charge on any atom is -0.508 e. The first-order valence-corrected chi connectivity index (χ1v) is 12.5. The summed E-state index contributed by atoms with van der Waals surface area (Å²) in [6.45, 7) is 9.28. The van der Waals surface area contributed by atoms with Crippen molar-refractivity contribution < 1.29 is 29.2 Å². The van der Waals surface area contributed by atoms with Crippen molar-refractivity contribution in [1.82, 2.24) is 0 Å². The average molecular weight is 505 g/mol. The van der Waals surface area contributed by atoms with Crippen molar-refractivity contribution >= 4 is 17.0 Å². The molecular formula is C30H32O7. The van der Waals surface area contributed by atoms with Crippen LogP contribution in [-0.4, -0.2) is 32.6 Å². The van der Waals surface area contributed by atoms with Gasteiger partial charge in [-0.05, 0) is 71.7 Å². The molecule has 0 radical (unpaired) electrons. The van der Waals surface area contributed by atoms with Gasteiger partial charge >= 0.3 is 0 Å². The van der Waals surface area contributed by atoms with Gasteiger partial charge in [0, 0.05) is 24.1 Å². The Labute approximate surface area is 215 Å². The number of phenolic OH excluding ortho intramolecular Hbond substituents is 2. The van der Waals surface area contributed by atoms with Crippen molar-refractivity contribution in [2.75, 3.05) is 0 Å². The number of rotatable bonds is 4. The first kappa shape index (κ1) is 25.0. The molecule has 5 rings (SSSR count). The van der Waals surface area contributed by atoms with Gasteiger partial charge in [0.15, 0.2) is 11.0 Å². The fourth-order valence-corrected chi connectivity index (χ4v) is 4.92. The van der Waals surface area contributed by atoms with Crippen LogP contribution in [0.3, 0.4) is 0 Å². The SMILES string of the molecule is CC(C)=CCCC1(C)C=Cc2c(cc(O)c3c(=O)c4c(oc23)-c2ccc(O)cc2O[C@H](C(C)(C)O)C4)O1. The summed E-state index contributed by atoms with van der Waals surface area (Å²) in [5, 5.41) is 31.8. The fraction of sp³-hybridized carbons (Fsp3) is 0.367. The molecule has 37 heavy (non-hydrogen) atoms. The summed E-state index contributed by atoms with van der Waals surface area (Å²) in [6.07, 6.45) is 6.83. The Bertz CT molecular complexity index is 1520. The van der Waals surface area contributed by atoms with Gasteiger partial charge in [0.05, 0.1) is 16.7 Å². The van der Waals surface area contributed by atoms with E-state index in [9.17, 15) is 20.1 Å². The van der Waals surface area contributed by atoms with Crippen LogP contribution in [0.5, 0.6) is 23.0 Å². The van der Waals surface area contributed by atoms with Crippen LogP contribution in [0.1, 0.15) is 58.6 Å². The lowest BCUT2D eigenvalue weighted by Crippen LogP contribution is -2.42. The largest absolute Gasteiger partial charge is 0.508 e. The highest BCUT2D eigenvalue weighted by atomic mass is 16.5. The molecule has 0 amide bonds. The number of benzene rings is 2. The zero-order valence-corrected chi connectivity index (χ0v) is 21.7. The van der Waals surface area contributed by atoms with Gasteiger partial charge in [-0.25, -0.2) is 0 Å². The van der Waals surface area contributed by atoms with Gasteiger partial charge in [0.25, 0.3) is 0 Å². The van der Waals surface area contributed by atoms with Crippen LogP contribution in [0, 0.1) is 0 Å². The van der Waals surface area contributed by atoms with E-state index >= 15 is 0 Å². The number of hydrogen-bond acceptors (Lipinski definition) is 7. The standard InChI is InChI=1S/C30H32O7/c1-16(2)7-6-11-30(5)12-10-19-23(37-30)15-21(32)25-26(33)20-14-24(29(3,4)34)35-22-13-17(31)8-9-18(22)27(20)36-28(19)25/h7-10,12-13,15,24,31-32,34H,6,11,14H2,1-5H3/t24-,30?/m0/s1. The molecule has 0 bridgehead atoms. The third-order valence-corrected chi connectivity index (χ3v) is 7.04. The number of aliphatic hydroxyl groups is 1. The Morgan fingerprint density at radius 3 is 2.65 bits per heavy atom. The van der Waals surface area contributed by atoms with Crippen LogP contribution < -0.4 is 14.9 Å². The summed E-state index contributed by atoms with van der Waals surface area (Å²) >= 11 is 0. The maximum atomic E-state index is 13.8. The van der Waals surface area contributed by atoms with Gasteiger partial charge in [-0.3, -0.25) is 4.79 Å². The van der Waals surface area contributed by atoms with Crippen LogP contribution in [0.15, 0.2) is 51.2 Å². The summed E-state index contributed by atoms with van der Waals surface area (Å²) in [6, 6.07) is 6.01. The summed E-state index contributed by atoms with van der Waals surface area (Å²) in [7, 11) is 0. The molecule has 3 aromatic rings. The molecule has 7 nitrogen and oxygen atoms in total. The summed E-state index contributed by atoms with van der Waals surface area (Å²) < 4.78 is 18.8. The number of fused-ring (bicyclic) bond motifs is 6. The van der Waals surface area contributed by atoms with E-state index in [2.05, 4.69) is 19.9 Å². The van der Waals surface area contributed by atoms with Crippen molar-refractivity contribution in [1.29, 1.82) is 0 Å². The summed E-state index contributed by atoms with van der Waals surface area (Å²) in [4.78, 5) is 13.8. The topological polar surface area (TPSA) is 109 Å². The van der Waals surface area contributed by atoms with Crippen LogP contribution >= 0.6 is 0 Å². The molecule has 2 aliphatic heterocycles. The Hall–Kier alpha value is -3.71. The third kappa shape index (κ3) is 4.48. The predicted molar refractivity (Wildman–Crippen MR) is 142 cm³/mol. The van der Waals surface area contributed by atoms with E-state index in [1.165, 1.54) is 23.8 Å². The summed E-state index contributed by atoms with van der Waals surface area (Å²) in [5.74, 6) is 0.751. The quantitative estimate of drug-likeness (QED) is 0.382. The van der Waals surface area contributed by atoms with Crippen molar-refractivity contribution in [3.05, 3.63) is 63.3 Å². The van der Waals surface area contributed by atoms with Crippen LogP contribution in [0.4, 0.5) is 0 Å². The van der Waals surface area contributed by atoms with Gasteiger partial charge in [0.1, 0.15) is 45.8 Å². The average Bonchev–Trinajstić information content (AvgIpc) is 2.95. The minimum atomic E-state index is -1.30. The van der Waals surface area contributed by atoms with E-state index in [-0.39, 0.29) is 40.2 Å². The Morgan fingerprint density at radius 1 is 1.19 bits per heavy atom. The molecule has 2 aliphatic rings. The zero-order valence-electron chi connectivity index (χ0n) is 21.7. The molecule has 0 aliphatic carbocycles. The molecule has 2 aromatic carbocycles. The molecule has 7 heteroatoms. The molecule has 3 N–H and O–H groups in total. The lowest BCUT2D eigenvalue weighted by atomic mass is 9.91. The molecule has 3 heterocycles. The van der Waals surface area contributed by atoms with Crippen LogP contribution in [0.2, 0.25) is 0 Å². The third-order valence-electron chi connectivity index (χ3n) is 7.04. The second-order valence-corrected chi connectivity index (χ2v) is 11.0. The van der Waals surface area contributed by atoms with E-state index in [1.807, 2.05) is 19.1 Å². The lowest BCUT2D eigenvalue weighted by molar-refractivity contribution is -0.0322. The van der Waals surface area contributed by atoms with Crippen molar-refractivity contribution in [2.24, 2.45) is 0 Å². The number of ether oxygens (including phenoxy) is 2. The van der Waals surface area contributed by atoms with Crippen LogP contribution in [0.25, 0.3) is 28.4 Å². The van der Waals surface area contributed by atoms with Gasteiger partial charge in [-0.15, -0.1) is 0 Å². The van der Waals surface area contributed by atoms with Gasteiger partial charge < -0.3 is 29.2 Å². The monoisotopic (exact) mass is 504 g/mol. The smallest absolute Gasteiger partial charge is 0.200 e. The molecule has 0 spiro atoms. The van der Waals surface area contributed by atoms with Gasteiger partial charge in [0.2, 0.25) is 0 Å². The number of phenols is 2. The Balaban J connectivity index is 1.71.